The van der Waals surface area contributed by atoms with Crippen molar-refractivity contribution in [2.75, 3.05) is 27.4 Å². The van der Waals surface area contributed by atoms with Crippen LogP contribution in [0.3, 0.4) is 0 Å². The van der Waals surface area contributed by atoms with Gasteiger partial charge in [0.05, 0.1) is 20.7 Å². The van der Waals surface area contributed by atoms with Crippen molar-refractivity contribution in [3.63, 3.8) is 0 Å². The Labute approximate surface area is 244 Å². The van der Waals surface area contributed by atoms with E-state index in [1.54, 1.807) is 0 Å². The van der Waals surface area contributed by atoms with Gasteiger partial charge in [0.2, 0.25) is 0 Å². The number of nitrogens with zero attached hydrogens (tertiary/aromatic N) is 1. The summed E-state index contributed by atoms with van der Waals surface area (Å²) in [5.74, 6) is 0.461. The molecule has 0 aliphatic rings. The molecule has 0 aromatic heterocycles. The van der Waals surface area contributed by atoms with Gasteiger partial charge in [0, 0.05) is 16.7 Å². The average Bonchev–Trinajstić information content (AvgIpc) is 2.78. The molecule has 0 aliphatic heterocycles. The van der Waals surface area contributed by atoms with Gasteiger partial charge >= 0.3 is 0 Å². The lowest BCUT2D eigenvalue weighted by molar-refractivity contribution is -0.922. The molecule has 1 rings (SSSR count). The molecule has 3 nitrogen and oxygen atoms in total. The maximum Gasteiger partial charge on any atom is 0.182 e. The summed E-state index contributed by atoms with van der Waals surface area (Å²) >= 11 is 0. The van der Waals surface area contributed by atoms with Crippen LogP contribution in [-0.2, 0) is 22.1 Å². The largest absolute Gasteiger partial charge is 1.00 e. The summed E-state index contributed by atoms with van der Waals surface area (Å²) in [4.78, 5) is 0. The molecule has 4 heteroatoms. The monoisotopic (exact) mass is 553 g/mol. The van der Waals surface area contributed by atoms with E-state index in [-0.39, 0.29) is 23.2 Å². The van der Waals surface area contributed by atoms with Gasteiger partial charge in [0.25, 0.3) is 0 Å². The molecule has 1 aromatic rings. The molecular formula is C34H64ClNO2. The van der Waals surface area contributed by atoms with Crippen molar-refractivity contribution in [1.82, 2.24) is 0 Å². The second-order valence-electron chi connectivity index (χ2n) is 14.3. The second kappa shape index (κ2) is 18.6. The maximum absolute atomic E-state index is 11.0. The number of benzene rings is 1. The molecule has 0 saturated heterocycles. The number of halogens is 1. The molecule has 0 fully saturated rings. The molecule has 0 radical (unpaired) electrons. The summed E-state index contributed by atoms with van der Waals surface area (Å²) < 4.78 is 6.91. The summed E-state index contributed by atoms with van der Waals surface area (Å²) in [7, 11) is 4.48. The van der Waals surface area contributed by atoms with Gasteiger partial charge in [-0.25, -0.2) is 0 Å². The Kier molecular flexibility index (Phi) is 18.2. The minimum absolute atomic E-state index is 0. The molecular weight excluding hydrogens is 490 g/mol. The van der Waals surface area contributed by atoms with E-state index in [1.165, 1.54) is 95.5 Å². The van der Waals surface area contributed by atoms with E-state index in [2.05, 4.69) is 74.7 Å². The Balaban J connectivity index is 0.0000137. The van der Waals surface area contributed by atoms with Gasteiger partial charge in [0.1, 0.15) is 12.3 Å². The van der Waals surface area contributed by atoms with Crippen molar-refractivity contribution < 1.29 is 26.7 Å². The van der Waals surface area contributed by atoms with E-state index in [9.17, 15) is 5.11 Å². The summed E-state index contributed by atoms with van der Waals surface area (Å²) in [6.45, 7) is 17.8. The van der Waals surface area contributed by atoms with Crippen LogP contribution in [0.4, 0.5) is 0 Å². The highest BCUT2D eigenvalue weighted by atomic mass is 35.5. The topological polar surface area (TPSA) is 29.5 Å². The van der Waals surface area contributed by atoms with E-state index in [0.717, 1.165) is 35.5 Å². The highest BCUT2D eigenvalue weighted by Crippen LogP contribution is 2.40. The molecule has 1 aromatic carbocycles. The number of rotatable bonds is 19. The van der Waals surface area contributed by atoms with Crippen molar-refractivity contribution in [2.24, 2.45) is 0 Å². The fourth-order valence-corrected chi connectivity index (χ4v) is 5.18. The molecule has 0 bridgehead atoms. The summed E-state index contributed by atoms with van der Waals surface area (Å²) in [6, 6.07) is 4.41. The summed E-state index contributed by atoms with van der Waals surface area (Å²) in [5, 5.41) is 11.0. The van der Waals surface area contributed by atoms with Gasteiger partial charge in [-0.2, -0.15) is 0 Å². The quantitative estimate of drug-likeness (QED) is 0.113. The third kappa shape index (κ3) is 15.7. The van der Waals surface area contributed by atoms with Crippen LogP contribution in [-0.4, -0.2) is 37.0 Å². The lowest BCUT2D eigenvalue weighted by atomic mass is 9.78. The van der Waals surface area contributed by atoms with Crippen molar-refractivity contribution in [3.05, 3.63) is 28.8 Å². The van der Waals surface area contributed by atoms with E-state index in [0.29, 0.717) is 5.75 Å². The minimum Gasteiger partial charge on any atom is -1.00 e. The molecule has 0 amide bonds. The van der Waals surface area contributed by atoms with Crippen LogP contribution in [0.2, 0.25) is 0 Å². The number of aromatic hydroxyl groups is 1. The van der Waals surface area contributed by atoms with Crippen LogP contribution in [0.15, 0.2) is 12.1 Å². The van der Waals surface area contributed by atoms with E-state index >= 15 is 0 Å². The molecule has 1 N–H and O–H groups in total. The van der Waals surface area contributed by atoms with Crippen molar-refractivity contribution >= 4 is 0 Å². The molecule has 0 spiro atoms. The number of phenolic OH excluding ortho intramolecular Hbond substituents is 1. The molecule has 0 aliphatic carbocycles. The van der Waals surface area contributed by atoms with E-state index < -0.39 is 0 Å². The molecule has 0 unspecified atom stereocenters. The normalized spacial score (nSPS) is 12.6. The summed E-state index contributed by atoms with van der Waals surface area (Å²) in [5.41, 5.74) is 3.16. The summed E-state index contributed by atoms with van der Waals surface area (Å²) in [6.07, 6.45) is 19.4. The zero-order chi connectivity index (χ0) is 28.0. The van der Waals surface area contributed by atoms with Crippen LogP contribution in [0, 0.1) is 0 Å². The van der Waals surface area contributed by atoms with Gasteiger partial charge in [-0.05, 0) is 29.4 Å². The first-order valence-corrected chi connectivity index (χ1v) is 15.5. The van der Waals surface area contributed by atoms with Crippen LogP contribution in [0.25, 0.3) is 0 Å². The van der Waals surface area contributed by atoms with Crippen molar-refractivity contribution in [3.8, 4) is 5.75 Å². The first-order chi connectivity index (χ1) is 17.3. The SMILES string of the molecule is CCCCCCCCCCCCCCCCOC[N+](C)(C)Cc1cc(C(C)(C)C)c(O)c(C(C)(C)C)c1.[Cl-]. The second-order valence-corrected chi connectivity index (χ2v) is 14.3. The zero-order valence-corrected chi connectivity index (χ0v) is 27.6. The van der Waals surface area contributed by atoms with E-state index in [4.69, 9.17) is 4.74 Å². The molecule has 0 atom stereocenters. The number of ether oxygens (including phenoxy) is 1. The number of unbranched alkanes of at least 4 members (excludes halogenated alkanes) is 13. The van der Waals surface area contributed by atoms with Crippen LogP contribution in [0.1, 0.15) is 155 Å². The smallest absolute Gasteiger partial charge is 0.182 e. The van der Waals surface area contributed by atoms with Crippen LogP contribution in [0.5, 0.6) is 5.75 Å². The molecule has 38 heavy (non-hydrogen) atoms. The van der Waals surface area contributed by atoms with Crippen LogP contribution >= 0.6 is 0 Å². The average molecular weight is 554 g/mol. The highest BCUT2D eigenvalue weighted by molar-refractivity contribution is 5.49. The Bertz CT molecular complexity index is 711. The Morgan fingerprint density at radius 1 is 0.658 bits per heavy atom. The third-order valence-electron chi connectivity index (χ3n) is 7.48. The highest BCUT2D eigenvalue weighted by Gasteiger charge is 2.28. The maximum atomic E-state index is 11.0. The van der Waals surface area contributed by atoms with Gasteiger partial charge in [-0.15, -0.1) is 0 Å². The fourth-order valence-electron chi connectivity index (χ4n) is 5.18. The number of phenols is 1. The Morgan fingerprint density at radius 2 is 1.03 bits per heavy atom. The van der Waals surface area contributed by atoms with Gasteiger partial charge in [-0.3, -0.25) is 0 Å². The minimum atomic E-state index is -0.0956. The molecule has 224 valence electrons. The first-order valence-electron chi connectivity index (χ1n) is 15.5. The number of quaternary nitrogens is 1. The standard InChI is InChI=1S/C34H63NO2.ClH/c1-10-11-12-13-14-15-16-17-18-19-20-21-22-23-24-37-28-35(8,9)27-29-25-30(33(2,3)4)32(36)31(26-29)34(5,6)7;/h25-26H,10-24,27-28H2,1-9H3;1H. The first kappa shape index (κ1) is 37.2. The molecule has 0 saturated carbocycles. The predicted octanol–water partition coefficient (Wildman–Crippen LogP) is 7.02. The Hall–Kier alpha value is -0.770. The zero-order valence-electron chi connectivity index (χ0n) is 26.9. The van der Waals surface area contributed by atoms with Gasteiger partial charge in [0.15, 0.2) is 6.73 Å². The lowest BCUT2D eigenvalue weighted by Gasteiger charge is -2.32. The van der Waals surface area contributed by atoms with Crippen LogP contribution < -0.4 is 12.4 Å². The third-order valence-corrected chi connectivity index (χ3v) is 7.48. The van der Waals surface area contributed by atoms with E-state index in [1.807, 2.05) is 0 Å². The fraction of sp³-hybridized carbons (Fsp3) is 0.824. The van der Waals surface area contributed by atoms with Crippen molar-refractivity contribution in [1.29, 1.82) is 0 Å². The van der Waals surface area contributed by atoms with Crippen molar-refractivity contribution in [2.45, 2.75) is 156 Å². The Morgan fingerprint density at radius 3 is 1.39 bits per heavy atom. The predicted molar refractivity (Wildman–Crippen MR) is 162 cm³/mol. The lowest BCUT2D eigenvalue weighted by Crippen LogP contribution is -3.00. The molecule has 0 heterocycles. The van der Waals surface area contributed by atoms with Gasteiger partial charge in [-0.1, -0.05) is 132 Å². The number of hydrogen-bond acceptors (Lipinski definition) is 2. The van der Waals surface area contributed by atoms with Gasteiger partial charge < -0.3 is 26.7 Å². The number of hydrogen-bond donors (Lipinski definition) is 1.